The van der Waals surface area contributed by atoms with Gasteiger partial charge in [-0.15, -0.1) is 0 Å². The minimum Gasteiger partial charge on any atom is -0.378 e. The van der Waals surface area contributed by atoms with E-state index >= 15 is 0 Å². The number of allylic oxidation sites excluding steroid dienone is 2. The van der Waals surface area contributed by atoms with Crippen molar-refractivity contribution in [2.24, 2.45) is 5.92 Å². The minimum absolute atomic E-state index is 0.180. The fraction of sp³-hybridized carbons (Fsp3) is 0.222. The molecule has 0 saturated carbocycles. The molecule has 1 N–H and O–H groups in total. The SMILES string of the molecule is Clc1cccc([C@@H]2Nc3ccc(Br)cc3[C@@H]3C=CC[C@H]32)c1Cl. The topological polar surface area (TPSA) is 12.0 Å². The summed E-state index contributed by atoms with van der Waals surface area (Å²) in [5, 5.41) is 4.95. The van der Waals surface area contributed by atoms with E-state index in [1.165, 1.54) is 11.3 Å². The molecule has 1 aliphatic heterocycles. The van der Waals surface area contributed by atoms with Crippen LogP contribution in [0.3, 0.4) is 0 Å². The molecule has 1 nitrogen and oxygen atoms in total. The second-order valence-electron chi connectivity index (χ2n) is 5.85. The summed E-state index contributed by atoms with van der Waals surface area (Å²) in [4.78, 5) is 0. The summed E-state index contributed by atoms with van der Waals surface area (Å²) in [6, 6.07) is 12.5. The zero-order chi connectivity index (χ0) is 15.3. The summed E-state index contributed by atoms with van der Waals surface area (Å²) in [5.74, 6) is 0.895. The number of nitrogens with one attached hydrogen (secondary N) is 1. The van der Waals surface area contributed by atoms with Crippen molar-refractivity contribution in [2.75, 3.05) is 5.32 Å². The number of halogens is 3. The van der Waals surface area contributed by atoms with Gasteiger partial charge < -0.3 is 5.32 Å². The van der Waals surface area contributed by atoms with Gasteiger partial charge in [-0.3, -0.25) is 0 Å². The first-order chi connectivity index (χ1) is 10.6. The molecule has 0 fully saturated rings. The molecule has 0 aromatic heterocycles. The van der Waals surface area contributed by atoms with E-state index in [0.29, 0.717) is 21.9 Å². The summed E-state index contributed by atoms with van der Waals surface area (Å²) >= 11 is 16.3. The standard InChI is InChI=1S/C18H14BrCl2N/c19-10-7-8-16-14(9-10)11-3-1-4-12(11)18(22-16)13-5-2-6-15(20)17(13)21/h1-3,5-9,11-12,18,22H,4H2/t11-,12-,18-/m1/s1. The van der Waals surface area contributed by atoms with Crippen LogP contribution in [0.25, 0.3) is 0 Å². The van der Waals surface area contributed by atoms with Gasteiger partial charge in [-0.1, -0.05) is 63.4 Å². The van der Waals surface area contributed by atoms with Gasteiger partial charge in [-0.2, -0.15) is 0 Å². The van der Waals surface area contributed by atoms with E-state index in [1.54, 1.807) is 0 Å². The second-order valence-corrected chi connectivity index (χ2v) is 7.55. The van der Waals surface area contributed by atoms with Crippen LogP contribution >= 0.6 is 39.1 Å². The number of benzene rings is 2. The highest BCUT2D eigenvalue weighted by Gasteiger charge is 2.38. The van der Waals surface area contributed by atoms with Gasteiger partial charge in [0.15, 0.2) is 0 Å². The fourth-order valence-electron chi connectivity index (χ4n) is 3.63. The van der Waals surface area contributed by atoms with Gasteiger partial charge in [0.25, 0.3) is 0 Å². The molecule has 0 bridgehead atoms. The van der Waals surface area contributed by atoms with Gasteiger partial charge in [-0.05, 0) is 47.7 Å². The molecule has 3 atom stereocenters. The number of fused-ring (bicyclic) bond motifs is 3. The summed E-state index contributed by atoms with van der Waals surface area (Å²) in [5.41, 5.74) is 3.61. The van der Waals surface area contributed by atoms with E-state index in [2.05, 4.69) is 57.7 Å². The van der Waals surface area contributed by atoms with Crippen LogP contribution in [0, 0.1) is 5.92 Å². The Balaban J connectivity index is 1.83. The predicted octanol–water partition coefficient (Wildman–Crippen LogP) is 6.58. The third kappa shape index (κ3) is 2.29. The van der Waals surface area contributed by atoms with Crippen molar-refractivity contribution in [3.05, 3.63) is 74.2 Å². The minimum atomic E-state index is 0.180. The molecule has 0 radical (unpaired) electrons. The molecule has 2 aromatic carbocycles. The van der Waals surface area contributed by atoms with E-state index in [9.17, 15) is 0 Å². The highest BCUT2D eigenvalue weighted by atomic mass is 79.9. The van der Waals surface area contributed by atoms with Crippen molar-refractivity contribution in [3.63, 3.8) is 0 Å². The molecule has 1 heterocycles. The lowest BCUT2D eigenvalue weighted by Gasteiger charge is -2.38. The molecule has 0 unspecified atom stereocenters. The Morgan fingerprint density at radius 3 is 2.82 bits per heavy atom. The van der Waals surface area contributed by atoms with E-state index in [0.717, 1.165) is 16.5 Å². The Morgan fingerprint density at radius 1 is 1.09 bits per heavy atom. The van der Waals surface area contributed by atoms with Gasteiger partial charge in [0.05, 0.1) is 16.1 Å². The Bertz CT molecular complexity index is 772. The number of hydrogen-bond donors (Lipinski definition) is 1. The molecule has 4 heteroatoms. The first-order valence-corrected chi connectivity index (χ1v) is 8.86. The summed E-state index contributed by atoms with van der Waals surface area (Å²) < 4.78 is 1.12. The summed E-state index contributed by atoms with van der Waals surface area (Å²) in [6.45, 7) is 0. The molecule has 1 aliphatic carbocycles. The Labute approximate surface area is 148 Å². The molecule has 0 amide bonds. The van der Waals surface area contributed by atoms with Gasteiger partial charge >= 0.3 is 0 Å². The van der Waals surface area contributed by atoms with Crippen LogP contribution in [0.4, 0.5) is 5.69 Å². The van der Waals surface area contributed by atoms with Crippen LogP contribution in [0.5, 0.6) is 0 Å². The van der Waals surface area contributed by atoms with Crippen LogP contribution in [0.15, 0.2) is 53.0 Å². The van der Waals surface area contributed by atoms with E-state index < -0.39 is 0 Å². The molecule has 4 rings (SSSR count). The Morgan fingerprint density at radius 2 is 1.95 bits per heavy atom. The molecule has 22 heavy (non-hydrogen) atoms. The smallest absolute Gasteiger partial charge is 0.0645 e. The third-order valence-corrected chi connectivity index (χ3v) is 5.97. The third-order valence-electron chi connectivity index (χ3n) is 4.64. The summed E-state index contributed by atoms with van der Waals surface area (Å²) in [7, 11) is 0. The zero-order valence-corrected chi connectivity index (χ0v) is 14.8. The predicted molar refractivity (Wildman–Crippen MR) is 97.0 cm³/mol. The normalized spacial score (nSPS) is 25.5. The highest BCUT2D eigenvalue weighted by molar-refractivity contribution is 9.10. The van der Waals surface area contributed by atoms with E-state index in [-0.39, 0.29) is 6.04 Å². The first-order valence-electron chi connectivity index (χ1n) is 7.31. The Kier molecular flexibility index (Phi) is 3.72. The van der Waals surface area contributed by atoms with Crippen LogP contribution in [-0.4, -0.2) is 0 Å². The maximum Gasteiger partial charge on any atom is 0.0645 e. The largest absolute Gasteiger partial charge is 0.378 e. The quantitative estimate of drug-likeness (QED) is 0.538. The molecule has 0 saturated heterocycles. The number of anilines is 1. The average molecular weight is 395 g/mol. The maximum absolute atomic E-state index is 6.47. The van der Waals surface area contributed by atoms with Gasteiger partial charge in [0.2, 0.25) is 0 Å². The average Bonchev–Trinajstić information content (AvgIpc) is 2.99. The molecule has 2 aromatic rings. The van der Waals surface area contributed by atoms with Crippen molar-refractivity contribution in [1.29, 1.82) is 0 Å². The molecular weight excluding hydrogens is 381 g/mol. The number of hydrogen-bond acceptors (Lipinski definition) is 1. The van der Waals surface area contributed by atoms with Crippen LogP contribution in [0.2, 0.25) is 10.0 Å². The molecule has 2 aliphatic rings. The van der Waals surface area contributed by atoms with Crippen LogP contribution in [0.1, 0.15) is 29.5 Å². The first kappa shape index (κ1) is 14.6. The fourth-order valence-corrected chi connectivity index (χ4v) is 4.44. The second kappa shape index (κ2) is 5.59. The van der Waals surface area contributed by atoms with Crippen molar-refractivity contribution < 1.29 is 0 Å². The lowest BCUT2D eigenvalue weighted by Crippen LogP contribution is -2.29. The lowest BCUT2D eigenvalue weighted by atomic mass is 9.77. The van der Waals surface area contributed by atoms with Crippen LogP contribution in [-0.2, 0) is 0 Å². The number of rotatable bonds is 1. The lowest BCUT2D eigenvalue weighted by molar-refractivity contribution is 0.425. The molecule has 112 valence electrons. The summed E-state index contributed by atoms with van der Waals surface area (Å²) in [6.07, 6.45) is 5.65. The van der Waals surface area contributed by atoms with Crippen molar-refractivity contribution in [2.45, 2.75) is 18.4 Å². The zero-order valence-electron chi connectivity index (χ0n) is 11.7. The van der Waals surface area contributed by atoms with Crippen molar-refractivity contribution >= 4 is 44.8 Å². The molecular formula is C18H14BrCl2N. The highest BCUT2D eigenvalue weighted by Crippen LogP contribution is 2.51. The van der Waals surface area contributed by atoms with E-state index in [4.69, 9.17) is 23.2 Å². The van der Waals surface area contributed by atoms with Gasteiger partial charge in [0.1, 0.15) is 0 Å². The van der Waals surface area contributed by atoms with Crippen molar-refractivity contribution in [1.82, 2.24) is 0 Å². The van der Waals surface area contributed by atoms with Crippen LogP contribution < -0.4 is 5.32 Å². The van der Waals surface area contributed by atoms with Gasteiger partial charge in [-0.25, -0.2) is 0 Å². The molecule has 0 spiro atoms. The van der Waals surface area contributed by atoms with Crippen molar-refractivity contribution in [3.8, 4) is 0 Å². The maximum atomic E-state index is 6.47. The van der Waals surface area contributed by atoms with Gasteiger partial charge in [0, 0.05) is 16.1 Å². The monoisotopic (exact) mass is 393 g/mol. The Hall–Kier alpha value is -0.960. The van der Waals surface area contributed by atoms with E-state index in [1.807, 2.05) is 12.1 Å².